The molecule has 0 bridgehead atoms. The lowest BCUT2D eigenvalue weighted by molar-refractivity contribution is -0.143. The topological polar surface area (TPSA) is 71.0 Å². The van der Waals surface area contributed by atoms with Crippen LogP contribution < -0.4 is 16.0 Å². The fourth-order valence-corrected chi connectivity index (χ4v) is 4.02. The number of carbonyl (C=O) groups excluding carboxylic acids is 1. The van der Waals surface area contributed by atoms with E-state index in [9.17, 15) is 18.0 Å². The largest absolute Gasteiger partial charge is 0.434 e. The molecule has 2 aromatic rings. The molecule has 1 aliphatic carbocycles. The van der Waals surface area contributed by atoms with Crippen molar-refractivity contribution in [3.63, 3.8) is 0 Å². The van der Waals surface area contributed by atoms with Crippen LogP contribution >= 0.6 is 24.8 Å². The molecule has 1 aliphatic rings. The van der Waals surface area contributed by atoms with Gasteiger partial charge in [-0.3, -0.25) is 4.79 Å². The van der Waals surface area contributed by atoms with Gasteiger partial charge in [0.15, 0.2) is 5.69 Å². The SMILES string of the molecule is Cl.Cl.O=C(NCCCCNCCNC1CCCCC1)c1cnn(-c2ccccc2)c1C(F)(F)F. The average Bonchev–Trinajstić information content (AvgIpc) is 3.25. The maximum absolute atomic E-state index is 13.6. The van der Waals surface area contributed by atoms with E-state index in [1.165, 1.54) is 44.2 Å². The standard InChI is InChI=1S/C23H32F3N5O.2ClH/c24-23(25,26)21-20(17-30-31(21)19-11-5-2-6-12-19)22(32)29-14-8-7-13-27-15-16-28-18-9-3-1-4-10-18;;/h2,5-6,11-12,17-18,27-28H,1,3-4,7-10,13-16H2,(H,29,32);2*1H. The predicted molar refractivity (Wildman–Crippen MR) is 132 cm³/mol. The lowest BCUT2D eigenvalue weighted by Crippen LogP contribution is -2.36. The molecule has 0 radical (unpaired) electrons. The van der Waals surface area contributed by atoms with Crippen molar-refractivity contribution < 1.29 is 18.0 Å². The maximum Gasteiger partial charge on any atom is 0.434 e. The van der Waals surface area contributed by atoms with Crippen LogP contribution in [0.3, 0.4) is 0 Å². The van der Waals surface area contributed by atoms with E-state index >= 15 is 0 Å². The summed E-state index contributed by atoms with van der Waals surface area (Å²) in [6, 6.07) is 8.63. The van der Waals surface area contributed by atoms with Crippen LogP contribution in [0.15, 0.2) is 36.5 Å². The summed E-state index contributed by atoms with van der Waals surface area (Å²) in [5.41, 5.74) is -1.27. The van der Waals surface area contributed by atoms with Crippen molar-refractivity contribution >= 4 is 30.7 Å². The number of alkyl halides is 3. The average molecular weight is 524 g/mol. The molecule has 3 N–H and O–H groups in total. The number of benzene rings is 1. The predicted octanol–water partition coefficient (Wildman–Crippen LogP) is 4.76. The lowest BCUT2D eigenvalue weighted by Gasteiger charge is -2.22. The molecule has 1 amide bonds. The molecule has 0 atom stereocenters. The monoisotopic (exact) mass is 523 g/mol. The van der Waals surface area contributed by atoms with Gasteiger partial charge in [-0.1, -0.05) is 37.5 Å². The number of halogens is 5. The Morgan fingerprint density at radius 3 is 2.32 bits per heavy atom. The van der Waals surface area contributed by atoms with Gasteiger partial charge < -0.3 is 16.0 Å². The van der Waals surface area contributed by atoms with E-state index in [2.05, 4.69) is 21.0 Å². The van der Waals surface area contributed by atoms with E-state index in [-0.39, 0.29) is 30.5 Å². The maximum atomic E-state index is 13.6. The third-order valence-corrected chi connectivity index (χ3v) is 5.69. The molecule has 0 unspecified atom stereocenters. The van der Waals surface area contributed by atoms with E-state index in [1.54, 1.807) is 18.2 Å². The van der Waals surface area contributed by atoms with Crippen molar-refractivity contribution in [2.75, 3.05) is 26.2 Å². The number of nitrogens with one attached hydrogen (secondary N) is 3. The first kappa shape index (κ1) is 30.2. The lowest BCUT2D eigenvalue weighted by atomic mass is 9.95. The highest BCUT2D eigenvalue weighted by molar-refractivity contribution is 5.95. The summed E-state index contributed by atoms with van der Waals surface area (Å²) in [5, 5.41) is 13.3. The second kappa shape index (κ2) is 15.2. The van der Waals surface area contributed by atoms with Gasteiger partial charge in [0.05, 0.1) is 17.4 Å². The number of unbranched alkanes of at least 4 members (excludes halogenated alkanes) is 1. The number of carbonyl (C=O) groups is 1. The quantitative estimate of drug-likeness (QED) is 0.371. The minimum absolute atomic E-state index is 0. The van der Waals surface area contributed by atoms with Crippen molar-refractivity contribution in [3.05, 3.63) is 47.8 Å². The molecule has 0 aliphatic heterocycles. The van der Waals surface area contributed by atoms with Crippen LogP contribution in [0.2, 0.25) is 0 Å². The Morgan fingerprint density at radius 1 is 0.971 bits per heavy atom. The zero-order chi connectivity index (χ0) is 22.8. The van der Waals surface area contributed by atoms with E-state index in [0.717, 1.165) is 36.9 Å². The number of hydrogen-bond donors (Lipinski definition) is 3. The van der Waals surface area contributed by atoms with Gasteiger partial charge in [-0.05, 0) is 44.4 Å². The van der Waals surface area contributed by atoms with Gasteiger partial charge in [-0.15, -0.1) is 24.8 Å². The number of amides is 1. The Kier molecular flexibility index (Phi) is 13.5. The fraction of sp³-hybridized carbons (Fsp3) is 0.565. The van der Waals surface area contributed by atoms with Gasteiger partial charge in [0.25, 0.3) is 5.91 Å². The molecular weight excluding hydrogens is 490 g/mol. The summed E-state index contributed by atoms with van der Waals surface area (Å²) >= 11 is 0. The van der Waals surface area contributed by atoms with Crippen LogP contribution in [0.5, 0.6) is 0 Å². The molecule has 11 heteroatoms. The zero-order valence-electron chi connectivity index (χ0n) is 19.1. The summed E-state index contributed by atoms with van der Waals surface area (Å²) in [4.78, 5) is 12.4. The van der Waals surface area contributed by atoms with Gasteiger partial charge in [0, 0.05) is 25.7 Å². The Balaban J connectivity index is 0.00000289. The summed E-state index contributed by atoms with van der Waals surface area (Å²) < 4.78 is 41.7. The number of rotatable bonds is 11. The Labute approximate surface area is 211 Å². The van der Waals surface area contributed by atoms with Gasteiger partial charge in [-0.2, -0.15) is 18.3 Å². The zero-order valence-corrected chi connectivity index (χ0v) is 20.7. The third-order valence-electron chi connectivity index (χ3n) is 5.69. The highest BCUT2D eigenvalue weighted by Gasteiger charge is 2.40. The smallest absolute Gasteiger partial charge is 0.352 e. The van der Waals surface area contributed by atoms with Gasteiger partial charge in [0.1, 0.15) is 0 Å². The van der Waals surface area contributed by atoms with Crippen LogP contribution in [-0.4, -0.2) is 47.9 Å². The van der Waals surface area contributed by atoms with Crippen molar-refractivity contribution in [2.24, 2.45) is 0 Å². The number of hydrogen-bond acceptors (Lipinski definition) is 4. The second-order valence-corrected chi connectivity index (χ2v) is 8.15. The summed E-state index contributed by atoms with van der Waals surface area (Å²) in [5.74, 6) is -0.760. The molecule has 6 nitrogen and oxygen atoms in total. The van der Waals surface area contributed by atoms with Crippen LogP contribution in [0, 0.1) is 0 Å². The highest BCUT2D eigenvalue weighted by atomic mass is 35.5. The molecular formula is C23H34Cl2F3N5O. The summed E-state index contributed by atoms with van der Waals surface area (Å²) in [6.07, 6.45) is 4.30. The minimum Gasteiger partial charge on any atom is -0.352 e. The first-order chi connectivity index (χ1) is 15.5. The normalized spacial score (nSPS) is 14.2. The van der Waals surface area contributed by atoms with Crippen molar-refractivity contribution in [3.8, 4) is 5.69 Å². The Morgan fingerprint density at radius 2 is 1.65 bits per heavy atom. The molecule has 1 aromatic heterocycles. The molecule has 1 heterocycles. The fourth-order valence-electron chi connectivity index (χ4n) is 4.02. The Bertz CT molecular complexity index is 843. The van der Waals surface area contributed by atoms with E-state index < -0.39 is 23.3 Å². The molecule has 0 spiro atoms. The first-order valence-corrected chi connectivity index (χ1v) is 11.4. The molecule has 1 fully saturated rings. The van der Waals surface area contributed by atoms with Crippen LogP contribution in [0.1, 0.15) is 61.0 Å². The van der Waals surface area contributed by atoms with Crippen LogP contribution in [0.4, 0.5) is 13.2 Å². The van der Waals surface area contributed by atoms with Gasteiger partial charge >= 0.3 is 6.18 Å². The van der Waals surface area contributed by atoms with Crippen LogP contribution in [0.25, 0.3) is 5.69 Å². The molecule has 1 aromatic carbocycles. The molecule has 0 saturated heterocycles. The molecule has 1 saturated carbocycles. The van der Waals surface area contributed by atoms with Crippen molar-refractivity contribution in [1.82, 2.24) is 25.7 Å². The van der Waals surface area contributed by atoms with Gasteiger partial charge in [-0.25, -0.2) is 4.68 Å². The van der Waals surface area contributed by atoms with Gasteiger partial charge in [0.2, 0.25) is 0 Å². The van der Waals surface area contributed by atoms with Crippen LogP contribution in [-0.2, 0) is 6.18 Å². The highest BCUT2D eigenvalue weighted by Crippen LogP contribution is 2.33. The second-order valence-electron chi connectivity index (χ2n) is 8.15. The molecule has 192 valence electrons. The molecule has 34 heavy (non-hydrogen) atoms. The summed E-state index contributed by atoms with van der Waals surface area (Å²) in [7, 11) is 0. The number of nitrogens with zero attached hydrogens (tertiary/aromatic N) is 2. The van der Waals surface area contributed by atoms with E-state index in [0.29, 0.717) is 19.0 Å². The molecule has 3 rings (SSSR count). The first-order valence-electron chi connectivity index (χ1n) is 11.4. The number of para-hydroxylation sites is 1. The minimum atomic E-state index is -4.70. The third kappa shape index (κ3) is 9.09. The number of aromatic nitrogens is 2. The van der Waals surface area contributed by atoms with Crippen molar-refractivity contribution in [1.29, 1.82) is 0 Å². The summed E-state index contributed by atoms with van der Waals surface area (Å²) in [6.45, 7) is 2.94. The van der Waals surface area contributed by atoms with E-state index in [1.807, 2.05) is 0 Å². The van der Waals surface area contributed by atoms with E-state index in [4.69, 9.17) is 0 Å². The van der Waals surface area contributed by atoms with Crippen molar-refractivity contribution in [2.45, 2.75) is 57.2 Å². The Hall–Kier alpha value is -1.81.